The Labute approximate surface area is 88.2 Å². The van der Waals surface area contributed by atoms with Crippen LogP contribution >= 0.6 is 0 Å². The van der Waals surface area contributed by atoms with Crippen LogP contribution in [0.2, 0.25) is 0 Å². The van der Waals surface area contributed by atoms with Crippen molar-refractivity contribution in [2.24, 2.45) is 11.7 Å². The quantitative estimate of drug-likeness (QED) is 0.682. The molecule has 0 aromatic heterocycles. The number of hydrogen-bond acceptors (Lipinski definition) is 2. The molecule has 0 heterocycles. The van der Waals surface area contributed by atoms with E-state index in [1.165, 1.54) is 38.6 Å². The van der Waals surface area contributed by atoms with Gasteiger partial charge in [-0.1, -0.05) is 25.8 Å². The zero-order chi connectivity index (χ0) is 10.4. The minimum atomic E-state index is 0.620. The van der Waals surface area contributed by atoms with Crippen LogP contribution in [0.15, 0.2) is 12.2 Å². The first-order chi connectivity index (χ1) is 6.72. The maximum atomic E-state index is 5.53. The van der Waals surface area contributed by atoms with E-state index < -0.39 is 0 Å². The number of likely N-dealkylation sites (N-methyl/N-ethyl adjacent to an activating group) is 1. The van der Waals surface area contributed by atoms with Crippen molar-refractivity contribution < 1.29 is 0 Å². The Morgan fingerprint density at radius 1 is 1.36 bits per heavy atom. The molecule has 2 N–H and O–H groups in total. The van der Waals surface area contributed by atoms with Crippen molar-refractivity contribution in [3.8, 4) is 0 Å². The molecule has 82 valence electrons. The zero-order valence-electron chi connectivity index (χ0n) is 9.47. The summed E-state index contributed by atoms with van der Waals surface area (Å²) in [6.07, 6.45) is 7.13. The first-order valence-corrected chi connectivity index (χ1v) is 5.77. The molecule has 0 saturated heterocycles. The summed E-state index contributed by atoms with van der Waals surface area (Å²) in [5, 5.41) is 0. The fraction of sp³-hybridized carbons (Fsp3) is 0.833. The highest BCUT2D eigenvalue weighted by Gasteiger charge is 2.15. The lowest BCUT2D eigenvalue weighted by Crippen LogP contribution is -2.29. The minimum absolute atomic E-state index is 0.620. The Kier molecular flexibility index (Phi) is 5.20. The van der Waals surface area contributed by atoms with E-state index in [0.29, 0.717) is 6.54 Å². The molecule has 1 saturated carbocycles. The number of hydrogen-bond donors (Lipinski definition) is 1. The maximum Gasteiger partial charge on any atom is 0.0199 e. The Bertz CT molecular complexity index is 171. The Balaban J connectivity index is 2.18. The van der Waals surface area contributed by atoms with Gasteiger partial charge in [-0.25, -0.2) is 0 Å². The highest BCUT2D eigenvalue weighted by Crippen LogP contribution is 2.24. The van der Waals surface area contributed by atoms with Crippen molar-refractivity contribution >= 4 is 0 Å². The molecule has 0 aromatic rings. The SMILES string of the molecule is C=C(CN)CN(C)CC1CCCCC1. The predicted octanol–water partition coefficient (Wildman–Crippen LogP) is 2.01. The van der Waals surface area contributed by atoms with Gasteiger partial charge in [-0.05, 0) is 31.4 Å². The lowest BCUT2D eigenvalue weighted by molar-refractivity contribution is 0.245. The third-order valence-electron chi connectivity index (χ3n) is 3.08. The second-order valence-electron chi connectivity index (χ2n) is 4.65. The van der Waals surface area contributed by atoms with E-state index in [2.05, 4.69) is 18.5 Å². The Morgan fingerprint density at radius 2 is 2.00 bits per heavy atom. The third kappa shape index (κ3) is 4.25. The maximum absolute atomic E-state index is 5.53. The van der Waals surface area contributed by atoms with E-state index in [4.69, 9.17) is 5.73 Å². The largest absolute Gasteiger partial charge is 0.327 e. The summed E-state index contributed by atoms with van der Waals surface area (Å²) in [4.78, 5) is 2.37. The van der Waals surface area contributed by atoms with E-state index in [-0.39, 0.29) is 0 Å². The summed E-state index contributed by atoms with van der Waals surface area (Å²) in [5.41, 5.74) is 6.67. The van der Waals surface area contributed by atoms with Gasteiger partial charge >= 0.3 is 0 Å². The molecule has 2 heteroatoms. The van der Waals surface area contributed by atoms with Gasteiger partial charge in [0.15, 0.2) is 0 Å². The van der Waals surface area contributed by atoms with Crippen molar-refractivity contribution in [3.63, 3.8) is 0 Å². The molecule has 14 heavy (non-hydrogen) atoms. The van der Waals surface area contributed by atoms with E-state index >= 15 is 0 Å². The minimum Gasteiger partial charge on any atom is -0.327 e. The summed E-state index contributed by atoms with van der Waals surface area (Å²) < 4.78 is 0. The number of nitrogens with two attached hydrogens (primary N) is 1. The summed E-state index contributed by atoms with van der Waals surface area (Å²) in [7, 11) is 2.18. The molecule has 0 bridgehead atoms. The summed E-state index contributed by atoms with van der Waals surface area (Å²) in [5.74, 6) is 0.916. The first-order valence-electron chi connectivity index (χ1n) is 5.77. The van der Waals surface area contributed by atoms with Crippen LogP contribution in [0.1, 0.15) is 32.1 Å². The fourth-order valence-corrected chi connectivity index (χ4v) is 2.32. The number of rotatable bonds is 5. The van der Waals surface area contributed by atoms with Gasteiger partial charge in [0, 0.05) is 19.6 Å². The fourth-order valence-electron chi connectivity index (χ4n) is 2.32. The van der Waals surface area contributed by atoms with E-state index in [9.17, 15) is 0 Å². The van der Waals surface area contributed by atoms with E-state index in [1.807, 2.05) is 0 Å². The summed E-state index contributed by atoms with van der Waals surface area (Å²) in [6.45, 7) is 6.75. The van der Waals surface area contributed by atoms with Gasteiger partial charge in [-0.2, -0.15) is 0 Å². The molecule has 0 aromatic carbocycles. The van der Waals surface area contributed by atoms with Crippen molar-refractivity contribution in [3.05, 3.63) is 12.2 Å². The average Bonchev–Trinajstić information content (AvgIpc) is 2.19. The van der Waals surface area contributed by atoms with Gasteiger partial charge in [0.1, 0.15) is 0 Å². The molecule has 0 spiro atoms. The molecule has 1 rings (SSSR count). The second-order valence-corrected chi connectivity index (χ2v) is 4.65. The summed E-state index contributed by atoms with van der Waals surface area (Å²) in [6, 6.07) is 0. The van der Waals surface area contributed by atoms with Crippen LogP contribution in [-0.2, 0) is 0 Å². The van der Waals surface area contributed by atoms with Crippen molar-refractivity contribution in [2.45, 2.75) is 32.1 Å². The Hall–Kier alpha value is -0.340. The normalized spacial score (nSPS) is 18.8. The van der Waals surface area contributed by atoms with Crippen molar-refractivity contribution in [2.75, 3.05) is 26.7 Å². The Morgan fingerprint density at radius 3 is 2.57 bits per heavy atom. The topological polar surface area (TPSA) is 29.3 Å². The van der Waals surface area contributed by atoms with Gasteiger partial charge < -0.3 is 10.6 Å². The smallest absolute Gasteiger partial charge is 0.0199 e. The molecule has 1 aliphatic rings. The van der Waals surface area contributed by atoms with Crippen LogP contribution in [0.4, 0.5) is 0 Å². The van der Waals surface area contributed by atoms with E-state index in [1.54, 1.807) is 0 Å². The molecular weight excluding hydrogens is 172 g/mol. The summed E-state index contributed by atoms with van der Waals surface area (Å²) >= 11 is 0. The monoisotopic (exact) mass is 196 g/mol. The van der Waals surface area contributed by atoms with Gasteiger partial charge in [-0.15, -0.1) is 0 Å². The molecule has 0 atom stereocenters. The second kappa shape index (κ2) is 6.20. The lowest BCUT2D eigenvalue weighted by atomic mass is 9.89. The van der Waals surface area contributed by atoms with Crippen molar-refractivity contribution in [1.29, 1.82) is 0 Å². The van der Waals surface area contributed by atoms with Crippen LogP contribution in [0.3, 0.4) is 0 Å². The molecule has 1 fully saturated rings. The van der Waals surface area contributed by atoms with Gasteiger partial charge in [-0.3, -0.25) is 0 Å². The molecule has 0 unspecified atom stereocenters. The first kappa shape index (κ1) is 11.7. The molecular formula is C12H24N2. The van der Waals surface area contributed by atoms with Gasteiger partial charge in [0.05, 0.1) is 0 Å². The zero-order valence-corrected chi connectivity index (χ0v) is 9.47. The average molecular weight is 196 g/mol. The van der Waals surface area contributed by atoms with Crippen LogP contribution < -0.4 is 5.73 Å². The van der Waals surface area contributed by atoms with Crippen LogP contribution in [0, 0.1) is 5.92 Å². The molecule has 1 aliphatic carbocycles. The highest BCUT2D eigenvalue weighted by atomic mass is 15.1. The standard InChI is InChI=1S/C12H24N2/c1-11(8-13)9-14(2)10-12-6-4-3-5-7-12/h12H,1,3-10,13H2,2H3. The lowest BCUT2D eigenvalue weighted by Gasteiger charge is -2.27. The van der Waals surface area contributed by atoms with Crippen LogP contribution in [-0.4, -0.2) is 31.6 Å². The highest BCUT2D eigenvalue weighted by molar-refractivity contribution is 4.98. The predicted molar refractivity (Wildman–Crippen MR) is 62.3 cm³/mol. The van der Waals surface area contributed by atoms with Crippen LogP contribution in [0.5, 0.6) is 0 Å². The third-order valence-corrected chi connectivity index (χ3v) is 3.08. The number of nitrogens with zero attached hydrogens (tertiary/aromatic N) is 1. The van der Waals surface area contributed by atoms with Gasteiger partial charge in [0.2, 0.25) is 0 Å². The molecule has 0 amide bonds. The molecule has 2 nitrogen and oxygen atoms in total. The van der Waals surface area contributed by atoms with Crippen molar-refractivity contribution in [1.82, 2.24) is 4.90 Å². The van der Waals surface area contributed by atoms with Gasteiger partial charge in [0.25, 0.3) is 0 Å². The van der Waals surface area contributed by atoms with Crippen LogP contribution in [0.25, 0.3) is 0 Å². The van der Waals surface area contributed by atoms with E-state index in [0.717, 1.165) is 18.0 Å². The molecule has 0 radical (unpaired) electrons. The molecule has 0 aliphatic heterocycles.